The smallest absolute Gasteiger partial charge is 0.262 e. The first kappa shape index (κ1) is 20.4. The van der Waals surface area contributed by atoms with Crippen LogP contribution in [0.15, 0.2) is 35.4 Å². The number of nitrogens with zero attached hydrogens (tertiary/aromatic N) is 3. The highest BCUT2D eigenvalue weighted by Gasteiger charge is 2.32. The zero-order chi connectivity index (χ0) is 21.8. The molecular formula is C25H29N3O2S. The second-order valence-electron chi connectivity index (χ2n) is 9.94. The molecule has 1 aliphatic heterocycles. The van der Waals surface area contributed by atoms with Crippen molar-refractivity contribution in [1.82, 2.24) is 9.55 Å². The van der Waals surface area contributed by atoms with Gasteiger partial charge in [-0.2, -0.15) is 0 Å². The summed E-state index contributed by atoms with van der Waals surface area (Å²) in [6.07, 6.45) is 6.53. The number of thiophene rings is 1. The van der Waals surface area contributed by atoms with E-state index in [4.69, 9.17) is 0 Å². The van der Waals surface area contributed by atoms with E-state index in [-0.39, 0.29) is 23.4 Å². The molecule has 5 nitrogen and oxygen atoms in total. The van der Waals surface area contributed by atoms with E-state index in [0.29, 0.717) is 12.5 Å². The summed E-state index contributed by atoms with van der Waals surface area (Å²) < 4.78 is 1.50. The van der Waals surface area contributed by atoms with Crippen LogP contribution in [0.4, 0.5) is 5.69 Å². The fourth-order valence-electron chi connectivity index (χ4n) is 5.08. The summed E-state index contributed by atoms with van der Waals surface area (Å²) in [6.45, 7) is 7.62. The number of carbonyl (C=O) groups excluding carboxylic acids is 1. The number of benzene rings is 1. The molecule has 0 radical (unpaired) electrons. The van der Waals surface area contributed by atoms with Gasteiger partial charge in [0.2, 0.25) is 5.91 Å². The summed E-state index contributed by atoms with van der Waals surface area (Å²) in [4.78, 5) is 35.0. The van der Waals surface area contributed by atoms with Crippen LogP contribution >= 0.6 is 11.3 Å². The van der Waals surface area contributed by atoms with Gasteiger partial charge < -0.3 is 4.90 Å². The third kappa shape index (κ3) is 3.61. The van der Waals surface area contributed by atoms with E-state index in [9.17, 15) is 9.59 Å². The fourth-order valence-corrected chi connectivity index (χ4v) is 6.33. The Labute approximate surface area is 186 Å². The molecule has 5 rings (SSSR count). The van der Waals surface area contributed by atoms with Crippen molar-refractivity contribution >= 4 is 33.1 Å². The third-order valence-corrected chi connectivity index (χ3v) is 8.14. The molecule has 1 atom stereocenters. The van der Waals surface area contributed by atoms with Crippen molar-refractivity contribution in [2.24, 2.45) is 11.3 Å². The van der Waals surface area contributed by atoms with Crippen molar-refractivity contribution in [3.05, 3.63) is 57.0 Å². The second-order valence-corrected chi connectivity index (χ2v) is 11.0. The van der Waals surface area contributed by atoms with E-state index in [1.165, 1.54) is 20.6 Å². The Morgan fingerprint density at radius 1 is 1.23 bits per heavy atom. The van der Waals surface area contributed by atoms with Gasteiger partial charge in [0.05, 0.1) is 11.7 Å². The molecule has 6 heteroatoms. The van der Waals surface area contributed by atoms with Crippen LogP contribution in [0.1, 0.15) is 49.6 Å². The lowest BCUT2D eigenvalue weighted by Gasteiger charge is -2.33. The van der Waals surface area contributed by atoms with Gasteiger partial charge >= 0.3 is 0 Å². The number of anilines is 1. The molecule has 0 N–H and O–H groups in total. The van der Waals surface area contributed by atoms with Gasteiger partial charge in [-0.3, -0.25) is 14.2 Å². The number of aromatic nitrogens is 2. The first-order valence-electron chi connectivity index (χ1n) is 11.2. The zero-order valence-electron chi connectivity index (χ0n) is 18.5. The molecule has 3 heterocycles. The summed E-state index contributed by atoms with van der Waals surface area (Å²) in [5, 5.41) is 0.738. The average Bonchev–Trinajstić information content (AvgIpc) is 3.13. The van der Waals surface area contributed by atoms with Gasteiger partial charge in [-0.05, 0) is 60.6 Å². The third-order valence-electron chi connectivity index (χ3n) is 6.98. The molecular weight excluding hydrogens is 406 g/mol. The quantitative estimate of drug-likeness (QED) is 0.592. The van der Waals surface area contributed by atoms with Gasteiger partial charge in [-0.1, -0.05) is 39.0 Å². The molecule has 0 spiro atoms. The topological polar surface area (TPSA) is 55.2 Å². The van der Waals surface area contributed by atoms with Gasteiger partial charge in [0, 0.05) is 17.1 Å². The minimum absolute atomic E-state index is 0.0331. The van der Waals surface area contributed by atoms with Gasteiger partial charge in [0.25, 0.3) is 5.56 Å². The van der Waals surface area contributed by atoms with E-state index in [0.717, 1.165) is 48.0 Å². The van der Waals surface area contributed by atoms with E-state index in [2.05, 4.69) is 31.8 Å². The Morgan fingerprint density at radius 3 is 2.84 bits per heavy atom. The molecule has 1 unspecified atom stereocenters. The first-order valence-corrected chi connectivity index (χ1v) is 12.0. The number of aryl methyl sites for hydroxylation is 2. The Hall–Kier alpha value is -2.47. The van der Waals surface area contributed by atoms with Crippen molar-refractivity contribution < 1.29 is 4.79 Å². The SMILES string of the molecule is CC(C)(C)C1CCc2c(sc3ncn(CC(=O)N4CCCc5ccccc54)c(=O)c23)C1. The van der Waals surface area contributed by atoms with Crippen LogP contribution in [0.3, 0.4) is 0 Å². The summed E-state index contributed by atoms with van der Waals surface area (Å²) in [6, 6.07) is 8.06. The largest absolute Gasteiger partial charge is 0.311 e. The van der Waals surface area contributed by atoms with Gasteiger partial charge in [-0.25, -0.2) is 4.98 Å². The summed E-state index contributed by atoms with van der Waals surface area (Å²) in [7, 11) is 0. The van der Waals surface area contributed by atoms with Crippen LogP contribution in [0.25, 0.3) is 10.2 Å². The number of carbonyl (C=O) groups is 1. The van der Waals surface area contributed by atoms with Gasteiger partial charge in [0.15, 0.2) is 0 Å². The van der Waals surface area contributed by atoms with E-state index < -0.39 is 0 Å². The number of hydrogen-bond acceptors (Lipinski definition) is 4. The molecule has 1 amide bonds. The second kappa shape index (κ2) is 7.59. The Balaban J connectivity index is 1.45. The van der Waals surface area contributed by atoms with Crippen molar-refractivity contribution in [3.8, 4) is 0 Å². The van der Waals surface area contributed by atoms with Crippen molar-refractivity contribution in [3.63, 3.8) is 0 Å². The monoisotopic (exact) mass is 435 g/mol. The zero-order valence-corrected chi connectivity index (χ0v) is 19.3. The lowest BCUT2D eigenvalue weighted by atomic mass is 9.72. The maximum absolute atomic E-state index is 13.4. The van der Waals surface area contributed by atoms with E-state index >= 15 is 0 Å². The molecule has 0 fully saturated rings. The predicted molar refractivity (Wildman–Crippen MR) is 126 cm³/mol. The fraction of sp³-hybridized carbons (Fsp3) is 0.480. The molecule has 162 valence electrons. The van der Waals surface area contributed by atoms with Crippen molar-refractivity contribution in [2.45, 2.75) is 59.4 Å². The summed E-state index contributed by atoms with van der Waals surface area (Å²) in [5.74, 6) is 0.573. The highest BCUT2D eigenvalue weighted by atomic mass is 32.1. The van der Waals surface area contributed by atoms with Crippen LogP contribution in [-0.4, -0.2) is 22.0 Å². The van der Waals surface area contributed by atoms with Crippen molar-refractivity contribution in [2.75, 3.05) is 11.4 Å². The number of para-hydroxylation sites is 1. The minimum Gasteiger partial charge on any atom is -0.311 e. The van der Waals surface area contributed by atoms with E-state index in [1.54, 1.807) is 17.7 Å². The Kier molecular flexibility index (Phi) is 5.00. The molecule has 31 heavy (non-hydrogen) atoms. The van der Waals surface area contributed by atoms with Crippen LogP contribution in [0.2, 0.25) is 0 Å². The predicted octanol–water partition coefficient (Wildman–Crippen LogP) is 4.59. The molecule has 3 aromatic rings. The Bertz CT molecular complexity index is 1220. The average molecular weight is 436 g/mol. The molecule has 1 aromatic carbocycles. The molecule has 0 bridgehead atoms. The lowest BCUT2D eigenvalue weighted by Crippen LogP contribution is -2.39. The number of hydrogen-bond donors (Lipinski definition) is 0. The summed E-state index contributed by atoms with van der Waals surface area (Å²) >= 11 is 1.66. The van der Waals surface area contributed by atoms with Crippen LogP contribution in [-0.2, 0) is 30.6 Å². The van der Waals surface area contributed by atoms with Gasteiger partial charge in [-0.15, -0.1) is 11.3 Å². The van der Waals surface area contributed by atoms with Crippen LogP contribution in [0, 0.1) is 11.3 Å². The van der Waals surface area contributed by atoms with Crippen LogP contribution < -0.4 is 10.5 Å². The van der Waals surface area contributed by atoms with Gasteiger partial charge in [0.1, 0.15) is 11.4 Å². The standard InChI is InChI=1S/C25H29N3O2S/c1-25(2,3)17-10-11-18-20(13-17)31-23-22(18)24(30)27(15-26-23)14-21(29)28-12-6-8-16-7-4-5-9-19(16)28/h4-5,7,9,15,17H,6,8,10-14H2,1-3H3. The normalized spacial score (nSPS) is 18.7. The lowest BCUT2D eigenvalue weighted by molar-refractivity contribution is -0.119. The molecule has 0 saturated heterocycles. The first-order chi connectivity index (χ1) is 14.8. The maximum atomic E-state index is 13.4. The summed E-state index contributed by atoms with van der Waals surface area (Å²) in [5.41, 5.74) is 3.53. The maximum Gasteiger partial charge on any atom is 0.262 e. The highest BCUT2D eigenvalue weighted by Crippen LogP contribution is 2.42. The highest BCUT2D eigenvalue weighted by molar-refractivity contribution is 7.18. The number of amides is 1. The molecule has 1 aliphatic carbocycles. The number of fused-ring (bicyclic) bond motifs is 4. The van der Waals surface area contributed by atoms with Crippen molar-refractivity contribution in [1.29, 1.82) is 0 Å². The van der Waals surface area contributed by atoms with E-state index in [1.807, 2.05) is 23.1 Å². The van der Waals surface area contributed by atoms with Crippen LogP contribution in [0.5, 0.6) is 0 Å². The molecule has 2 aromatic heterocycles. The Morgan fingerprint density at radius 2 is 2.03 bits per heavy atom. The molecule has 2 aliphatic rings. The molecule has 0 saturated carbocycles. The minimum atomic E-state index is -0.0737. The number of rotatable bonds is 2.